The third-order valence-electron chi connectivity index (χ3n) is 3.66. The summed E-state index contributed by atoms with van der Waals surface area (Å²) in [7, 11) is 3.55. The fraction of sp³-hybridized carbons (Fsp3) is 0.333. The van der Waals surface area contributed by atoms with Crippen LogP contribution in [0.4, 0.5) is 0 Å². The largest absolute Gasteiger partial charge is 0.493 e. The number of methoxy groups -OCH3 is 1. The first-order valence-corrected chi connectivity index (χ1v) is 8.53. The molecule has 0 aliphatic carbocycles. The van der Waals surface area contributed by atoms with Crippen molar-refractivity contribution >= 4 is 15.9 Å². The van der Waals surface area contributed by atoms with E-state index in [-0.39, 0.29) is 0 Å². The Labute approximate surface area is 150 Å². The molecular formula is C18H20BrNO4. The maximum absolute atomic E-state index is 5.98. The van der Waals surface area contributed by atoms with Crippen molar-refractivity contribution in [3.05, 3.63) is 45.9 Å². The number of halogens is 1. The summed E-state index contributed by atoms with van der Waals surface area (Å²) in [5.41, 5.74) is 2.13. The van der Waals surface area contributed by atoms with Crippen LogP contribution in [0.15, 0.2) is 34.8 Å². The van der Waals surface area contributed by atoms with Gasteiger partial charge in [0.15, 0.2) is 23.0 Å². The molecule has 0 saturated carbocycles. The third-order valence-corrected chi connectivity index (χ3v) is 4.25. The van der Waals surface area contributed by atoms with Crippen LogP contribution in [0, 0.1) is 0 Å². The van der Waals surface area contributed by atoms with E-state index < -0.39 is 0 Å². The lowest BCUT2D eigenvalue weighted by atomic mass is 10.2. The van der Waals surface area contributed by atoms with Gasteiger partial charge in [0.1, 0.15) is 19.8 Å². The monoisotopic (exact) mass is 393 g/mol. The van der Waals surface area contributed by atoms with E-state index in [4.69, 9.17) is 18.9 Å². The summed E-state index contributed by atoms with van der Waals surface area (Å²) >= 11 is 3.56. The highest BCUT2D eigenvalue weighted by Gasteiger charge is 2.14. The van der Waals surface area contributed by atoms with Crippen LogP contribution in [0.2, 0.25) is 0 Å². The van der Waals surface area contributed by atoms with Crippen LogP contribution >= 0.6 is 15.9 Å². The SMILES string of the molecule is CNCc1cc(Br)c(OCc2ccc3c(c2)OCCO3)c(OC)c1. The Hall–Kier alpha value is -1.92. The van der Waals surface area contributed by atoms with Crippen molar-refractivity contribution in [1.29, 1.82) is 0 Å². The summed E-state index contributed by atoms with van der Waals surface area (Å²) in [5, 5.41) is 3.13. The smallest absolute Gasteiger partial charge is 0.175 e. The molecule has 0 atom stereocenters. The van der Waals surface area contributed by atoms with E-state index in [0.29, 0.717) is 31.3 Å². The summed E-state index contributed by atoms with van der Waals surface area (Å²) in [6, 6.07) is 9.83. The van der Waals surface area contributed by atoms with Crippen LogP contribution < -0.4 is 24.3 Å². The predicted molar refractivity (Wildman–Crippen MR) is 95.2 cm³/mol. The standard InChI is InChI=1S/C18H20BrNO4/c1-20-10-13-7-14(19)18(17(9-13)21-2)24-11-12-3-4-15-16(8-12)23-6-5-22-15/h3-4,7-9,20H,5-6,10-11H2,1-2H3. The van der Waals surface area contributed by atoms with Crippen LogP contribution in [0.25, 0.3) is 0 Å². The van der Waals surface area contributed by atoms with Gasteiger partial charge in [-0.3, -0.25) is 0 Å². The molecule has 6 heteroatoms. The van der Waals surface area contributed by atoms with Gasteiger partial charge in [-0.05, 0) is 58.4 Å². The van der Waals surface area contributed by atoms with Crippen molar-refractivity contribution in [3.63, 3.8) is 0 Å². The van der Waals surface area contributed by atoms with E-state index >= 15 is 0 Å². The lowest BCUT2D eigenvalue weighted by Gasteiger charge is -2.19. The summed E-state index contributed by atoms with van der Waals surface area (Å²) in [5.74, 6) is 2.93. The number of hydrogen-bond acceptors (Lipinski definition) is 5. The van der Waals surface area contributed by atoms with Crippen LogP contribution in [-0.4, -0.2) is 27.4 Å². The van der Waals surface area contributed by atoms with Crippen molar-refractivity contribution in [2.75, 3.05) is 27.4 Å². The second-order valence-electron chi connectivity index (χ2n) is 5.41. The molecule has 1 N–H and O–H groups in total. The van der Waals surface area contributed by atoms with Crippen molar-refractivity contribution in [3.8, 4) is 23.0 Å². The lowest BCUT2D eigenvalue weighted by Crippen LogP contribution is -2.15. The zero-order valence-corrected chi connectivity index (χ0v) is 15.3. The van der Waals surface area contributed by atoms with Crippen molar-refractivity contribution in [1.82, 2.24) is 5.32 Å². The molecule has 1 aliphatic rings. The van der Waals surface area contributed by atoms with Gasteiger partial charge in [-0.1, -0.05) is 6.07 Å². The van der Waals surface area contributed by atoms with Gasteiger partial charge < -0.3 is 24.3 Å². The predicted octanol–water partition coefficient (Wildman–Crippen LogP) is 3.53. The number of nitrogens with one attached hydrogen (secondary N) is 1. The Morgan fingerprint density at radius 1 is 1.08 bits per heavy atom. The van der Waals surface area contributed by atoms with Gasteiger partial charge in [0.05, 0.1) is 11.6 Å². The normalized spacial score (nSPS) is 12.8. The maximum atomic E-state index is 5.98. The quantitative estimate of drug-likeness (QED) is 0.813. The summed E-state index contributed by atoms with van der Waals surface area (Å²) in [4.78, 5) is 0. The minimum absolute atomic E-state index is 0.414. The first-order chi connectivity index (χ1) is 11.7. The molecule has 0 aromatic heterocycles. The van der Waals surface area contributed by atoms with Crippen LogP contribution in [-0.2, 0) is 13.2 Å². The van der Waals surface area contributed by atoms with Crippen LogP contribution in [0.5, 0.6) is 23.0 Å². The number of fused-ring (bicyclic) bond motifs is 1. The Morgan fingerprint density at radius 2 is 1.88 bits per heavy atom. The highest BCUT2D eigenvalue weighted by atomic mass is 79.9. The number of hydrogen-bond donors (Lipinski definition) is 1. The molecule has 5 nitrogen and oxygen atoms in total. The fourth-order valence-corrected chi connectivity index (χ4v) is 3.16. The number of ether oxygens (including phenoxy) is 4. The highest BCUT2D eigenvalue weighted by Crippen LogP contribution is 2.38. The van der Waals surface area contributed by atoms with Gasteiger partial charge in [0, 0.05) is 6.54 Å². The molecule has 2 aromatic carbocycles. The van der Waals surface area contributed by atoms with E-state index in [0.717, 1.165) is 33.6 Å². The lowest BCUT2D eigenvalue weighted by molar-refractivity contribution is 0.171. The molecule has 0 radical (unpaired) electrons. The second-order valence-corrected chi connectivity index (χ2v) is 6.26. The molecule has 0 unspecified atom stereocenters. The molecule has 3 rings (SSSR count). The van der Waals surface area contributed by atoms with Gasteiger partial charge in [0.2, 0.25) is 0 Å². The topological polar surface area (TPSA) is 49.0 Å². The molecule has 2 aromatic rings. The Balaban J connectivity index is 1.76. The van der Waals surface area contributed by atoms with E-state index in [1.165, 1.54) is 0 Å². The fourth-order valence-electron chi connectivity index (χ4n) is 2.55. The van der Waals surface area contributed by atoms with Crippen molar-refractivity contribution in [2.45, 2.75) is 13.2 Å². The average molecular weight is 394 g/mol. The molecule has 1 aliphatic heterocycles. The molecule has 0 bridgehead atoms. The summed E-state index contributed by atoms with van der Waals surface area (Å²) in [6.07, 6.45) is 0. The first-order valence-electron chi connectivity index (χ1n) is 7.73. The Bertz CT molecular complexity index is 720. The summed E-state index contributed by atoms with van der Waals surface area (Å²) in [6.45, 7) is 2.34. The molecule has 0 saturated heterocycles. The van der Waals surface area contributed by atoms with Crippen LogP contribution in [0.3, 0.4) is 0 Å². The van der Waals surface area contributed by atoms with E-state index in [9.17, 15) is 0 Å². The zero-order chi connectivity index (χ0) is 16.9. The molecule has 128 valence electrons. The Morgan fingerprint density at radius 3 is 2.62 bits per heavy atom. The van der Waals surface area contributed by atoms with E-state index in [2.05, 4.69) is 21.2 Å². The van der Waals surface area contributed by atoms with Gasteiger partial charge in [-0.25, -0.2) is 0 Å². The van der Waals surface area contributed by atoms with E-state index in [1.54, 1.807) is 7.11 Å². The van der Waals surface area contributed by atoms with Crippen molar-refractivity contribution in [2.24, 2.45) is 0 Å². The van der Waals surface area contributed by atoms with Gasteiger partial charge in [-0.2, -0.15) is 0 Å². The van der Waals surface area contributed by atoms with Gasteiger partial charge >= 0.3 is 0 Å². The Kier molecular flexibility index (Phi) is 5.48. The number of rotatable bonds is 6. The maximum Gasteiger partial charge on any atom is 0.175 e. The van der Waals surface area contributed by atoms with Crippen LogP contribution in [0.1, 0.15) is 11.1 Å². The molecule has 1 heterocycles. The van der Waals surface area contributed by atoms with Gasteiger partial charge in [-0.15, -0.1) is 0 Å². The first kappa shape index (κ1) is 16.9. The van der Waals surface area contributed by atoms with E-state index in [1.807, 2.05) is 37.4 Å². The summed E-state index contributed by atoms with van der Waals surface area (Å²) < 4.78 is 23.5. The molecule has 0 spiro atoms. The average Bonchev–Trinajstić information content (AvgIpc) is 2.60. The molecule has 0 fully saturated rings. The minimum Gasteiger partial charge on any atom is -0.493 e. The zero-order valence-electron chi connectivity index (χ0n) is 13.7. The van der Waals surface area contributed by atoms with Crippen molar-refractivity contribution < 1.29 is 18.9 Å². The second kappa shape index (κ2) is 7.77. The van der Waals surface area contributed by atoms with Gasteiger partial charge in [0.25, 0.3) is 0 Å². The minimum atomic E-state index is 0.414. The highest BCUT2D eigenvalue weighted by molar-refractivity contribution is 9.10. The third kappa shape index (κ3) is 3.76. The molecule has 0 amide bonds. The number of benzene rings is 2. The molecule has 24 heavy (non-hydrogen) atoms. The molecular weight excluding hydrogens is 374 g/mol.